The lowest BCUT2D eigenvalue weighted by Crippen LogP contribution is -2.48. The van der Waals surface area contributed by atoms with Gasteiger partial charge >= 0.3 is 0 Å². The normalized spacial score (nSPS) is 15.1. The Morgan fingerprint density at radius 1 is 1.20 bits per heavy atom. The van der Waals surface area contributed by atoms with Gasteiger partial charge in [0.2, 0.25) is 5.91 Å². The molecular weight excluding hydrogens is 548 g/mol. The third-order valence-corrected chi connectivity index (χ3v) is 7.65. The zero-order valence-electron chi connectivity index (χ0n) is 19.7. The zero-order chi connectivity index (χ0) is 24.9. The average molecular weight is 576 g/mol. The van der Waals surface area contributed by atoms with Gasteiger partial charge < -0.3 is 14.5 Å². The summed E-state index contributed by atoms with van der Waals surface area (Å²) in [5, 5.41) is 2.71. The fourth-order valence-corrected chi connectivity index (χ4v) is 5.75. The maximum Gasteiger partial charge on any atom is 0.254 e. The number of hydrogen-bond donors (Lipinski definition) is 0. The minimum absolute atomic E-state index is 0.0282. The quantitative estimate of drug-likeness (QED) is 0.309. The molecule has 0 unspecified atom stereocenters. The van der Waals surface area contributed by atoms with Crippen LogP contribution in [0.2, 0.25) is 5.02 Å². The van der Waals surface area contributed by atoms with Crippen molar-refractivity contribution in [2.45, 2.75) is 26.3 Å². The van der Waals surface area contributed by atoms with Crippen LogP contribution in [-0.2, 0) is 11.2 Å². The number of fused-ring (bicyclic) bond motifs is 1. The molecule has 0 fully saturated rings. The lowest BCUT2D eigenvalue weighted by molar-refractivity contribution is -0.135. The van der Waals surface area contributed by atoms with Crippen molar-refractivity contribution < 1.29 is 14.3 Å². The molecule has 0 saturated heterocycles. The maximum atomic E-state index is 13.6. The molecule has 5 nitrogen and oxygen atoms in total. The fraction of sp³-hybridized carbons (Fsp3) is 0.333. The Hall–Kier alpha value is -2.35. The monoisotopic (exact) mass is 574 g/mol. The number of carbonyl (C=O) groups is 2. The third kappa shape index (κ3) is 6.46. The molecule has 2 heterocycles. The van der Waals surface area contributed by atoms with Gasteiger partial charge in [-0.2, -0.15) is 0 Å². The lowest BCUT2D eigenvalue weighted by atomic mass is 10.00. The summed E-state index contributed by atoms with van der Waals surface area (Å²) < 4.78 is 6.91. The van der Waals surface area contributed by atoms with Gasteiger partial charge in [-0.05, 0) is 71.8 Å². The second kappa shape index (κ2) is 11.6. The highest BCUT2D eigenvalue weighted by molar-refractivity contribution is 9.10. The first-order chi connectivity index (χ1) is 16.8. The van der Waals surface area contributed by atoms with E-state index in [4.69, 9.17) is 16.3 Å². The van der Waals surface area contributed by atoms with Crippen LogP contribution in [0.15, 0.2) is 64.5 Å². The summed E-state index contributed by atoms with van der Waals surface area (Å²) in [6, 6.07) is 16.4. The molecule has 0 spiro atoms. The molecule has 184 valence electrons. The summed E-state index contributed by atoms with van der Waals surface area (Å²) >= 11 is 11.1. The van der Waals surface area contributed by atoms with Crippen molar-refractivity contribution in [1.82, 2.24) is 9.80 Å². The Morgan fingerprint density at radius 3 is 2.69 bits per heavy atom. The molecule has 1 aromatic heterocycles. The van der Waals surface area contributed by atoms with Gasteiger partial charge in [-0.1, -0.05) is 47.4 Å². The minimum atomic E-state index is -0.213. The topological polar surface area (TPSA) is 49.9 Å². The summed E-state index contributed by atoms with van der Waals surface area (Å²) in [4.78, 5) is 31.8. The first-order valence-electron chi connectivity index (χ1n) is 11.6. The standard InChI is InChI=1S/C27H28BrClN2O3S/c1-18(2)15-30(27(33)19-4-3-5-20(28)14-19)16-26(32)31-12-10-25-23(11-13-35-25)24(31)17-34-22-8-6-21(29)7-9-22/h3-9,11,13-14,18,24H,10,12,15-17H2,1-2H3/t24-/m0/s1. The van der Waals surface area contributed by atoms with E-state index in [1.54, 1.807) is 40.5 Å². The molecule has 8 heteroatoms. The van der Waals surface area contributed by atoms with Crippen LogP contribution in [0.1, 0.15) is 40.7 Å². The summed E-state index contributed by atoms with van der Waals surface area (Å²) in [6.07, 6.45) is 0.805. The van der Waals surface area contributed by atoms with E-state index >= 15 is 0 Å². The Bertz CT molecular complexity index is 1180. The molecular formula is C27H28BrClN2O3S. The van der Waals surface area contributed by atoms with Crippen LogP contribution in [-0.4, -0.2) is 47.9 Å². The van der Waals surface area contributed by atoms with Gasteiger partial charge in [0.1, 0.15) is 18.9 Å². The van der Waals surface area contributed by atoms with Crippen LogP contribution in [0, 0.1) is 5.92 Å². The largest absolute Gasteiger partial charge is 0.491 e. The minimum Gasteiger partial charge on any atom is -0.491 e. The summed E-state index contributed by atoms with van der Waals surface area (Å²) in [5.41, 5.74) is 1.69. The molecule has 2 amide bonds. The highest BCUT2D eigenvalue weighted by atomic mass is 79.9. The van der Waals surface area contributed by atoms with Crippen molar-refractivity contribution in [1.29, 1.82) is 0 Å². The van der Waals surface area contributed by atoms with Crippen LogP contribution in [0.5, 0.6) is 5.75 Å². The van der Waals surface area contributed by atoms with Crippen molar-refractivity contribution >= 4 is 50.7 Å². The number of hydrogen-bond acceptors (Lipinski definition) is 4. The Morgan fingerprint density at radius 2 is 1.97 bits per heavy atom. The SMILES string of the molecule is CC(C)CN(CC(=O)N1CCc2sccc2[C@@H]1COc1ccc(Cl)cc1)C(=O)c1cccc(Br)c1. The first kappa shape index (κ1) is 25.7. The molecule has 0 aliphatic carbocycles. The van der Waals surface area contributed by atoms with Gasteiger partial charge in [0.15, 0.2) is 0 Å². The Balaban J connectivity index is 1.53. The van der Waals surface area contributed by atoms with Crippen LogP contribution in [0.25, 0.3) is 0 Å². The number of rotatable bonds is 8. The summed E-state index contributed by atoms with van der Waals surface area (Å²) in [6.45, 7) is 5.56. The predicted octanol–water partition coefficient (Wildman–Crippen LogP) is 6.47. The predicted molar refractivity (Wildman–Crippen MR) is 144 cm³/mol. The summed E-state index contributed by atoms with van der Waals surface area (Å²) in [7, 11) is 0. The highest BCUT2D eigenvalue weighted by Crippen LogP contribution is 2.34. The number of thiophene rings is 1. The first-order valence-corrected chi connectivity index (χ1v) is 13.7. The maximum absolute atomic E-state index is 13.6. The van der Waals surface area contributed by atoms with Crippen molar-refractivity contribution in [2.24, 2.45) is 5.92 Å². The van der Waals surface area contributed by atoms with E-state index < -0.39 is 0 Å². The third-order valence-electron chi connectivity index (χ3n) is 5.91. The number of amides is 2. The van der Waals surface area contributed by atoms with E-state index in [2.05, 4.69) is 27.4 Å². The highest BCUT2D eigenvalue weighted by Gasteiger charge is 2.33. The second-order valence-corrected chi connectivity index (χ2v) is 11.4. The van der Waals surface area contributed by atoms with Crippen LogP contribution >= 0.6 is 38.9 Å². The van der Waals surface area contributed by atoms with Crippen LogP contribution < -0.4 is 4.74 Å². The molecule has 3 aromatic rings. The van der Waals surface area contributed by atoms with Crippen molar-refractivity contribution in [2.75, 3.05) is 26.2 Å². The van der Waals surface area contributed by atoms with E-state index in [1.165, 1.54) is 4.88 Å². The van der Waals surface area contributed by atoms with E-state index in [9.17, 15) is 9.59 Å². The van der Waals surface area contributed by atoms with E-state index in [1.807, 2.05) is 43.0 Å². The lowest BCUT2D eigenvalue weighted by Gasteiger charge is -2.37. The van der Waals surface area contributed by atoms with Gasteiger partial charge in [0.25, 0.3) is 5.91 Å². The molecule has 0 bridgehead atoms. The van der Waals surface area contributed by atoms with Crippen LogP contribution in [0.3, 0.4) is 0 Å². The van der Waals surface area contributed by atoms with Crippen molar-refractivity contribution in [3.8, 4) is 5.75 Å². The molecule has 0 radical (unpaired) electrons. The fourth-order valence-electron chi connectivity index (χ4n) is 4.30. The summed E-state index contributed by atoms with van der Waals surface area (Å²) in [5.74, 6) is 0.717. The van der Waals surface area contributed by atoms with Crippen molar-refractivity contribution in [3.05, 3.63) is 85.5 Å². The zero-order valence-corrected chi connectivity index (χ0v) is 22.9. The van der Waals surface area contributed by atoms with E-state index in [0.29, 0.717) is 36.0 Å². The second-order valence-electron chi connectivity index (χ2n) is 9.01. The van der Waals surface area contributed by atoms with E-state index in [-0.39, 0.29) is 30.3 Å². The number of benzene rings is 2. The van der Waals surface area contributed by atoms with Gasteiger partial charge in [-0.3, -0.25) is 9.59 Å². The van der Waals surface area contributed by atoms with E-state index in [0.717, 1.165) is 16.5 Å². The Labute approximate surface area is 223 Å². The number of ether oxygens (including phenoxy) is 1. The number of nitrogens with zero attached hydrogens (tertiary/aromatic N) is 2. The van der Waals surface area contributed by atoms with Gasteiger partial charge in [-0.25, -0.2) is 0 Å². The van der Waals surface area contributed by atoms with Gasteiger partial charge in [0.05, 0.1) is 6.04 Å². The number of carbonyl (C=O) groups excluding carboxylic acids is 2. The van der Waals surface area contributed by atoms with Gasteiger partial charge in [-0.15, -0.1) is 11.3 Å². The molecule has 0 saturated carbocycles. The molecule has 1 aliphatic rings. The molecule has 4 rings (SSSR count). The van der Waals surface area contributed by atoms with Crippen molar-refractivity contribution in [3.63, 3.8) is 0 Å². The number of halogens is 2. The van der Waals surface area contributed by atoms with Gasteiger partial charge in [0, 0.05) is 33.0 Å². The Kier molecular flexibility index (Phi) is 8.52. The molecule has 2 aromatic carbocycles. The smallest absolute Gasteiger partial charge is 0.254 e. The molecule has 35 heavy (non-hydrogen) atoms. The van der Waals surface area contributed by atoms with Crippen LogP contribution in [0.4, 0.5) is 0 Å². The molecule has 0 N–H and O–H groups in total. The average Bonchev–Trinajstić information content (AvgIpc) is 3.31. The molecule has 1 atom stereocenters. The molecule has 1 aliphatic heterocycles.